The summed E-state index contributed by atoms with van der Waals surface area (Å²) in [6.45, 7) is 0. The van der Waals surface area contributed by atoms with E-state index in [1.54, 1.807) is 6.07 Å². The molecule has 1 nitrogen and oxygen atoms in total. The summed E-state index contributed by atoms with van der Waals surface area (Å²) in [5.74, 6) is -1.26. The number of halogens is 4. The van der Waals surface area contributed by atoms with Gasteiger partial charge in [0, 0.05) is 13.6 Å². The number of benzene rings is 2. The second kappa shape index (κ2) is 5.63. The average Bonchev–Trinajstić information content (AvgIpc) is 2.32. The van der Waals surface area contributed by atoms with Crippen LogP contribution in [0.1, 0.15) is 17.2 Å². The van der Waals surface area contributed by atoms with Crippen LogP contribution in [0.5, 0.6) is 0 Å². The van der Waals surface area contributed by atoms with Gasteiger partial charge in [0.15, 0.2) is 0 Å². The summed E-state index contributed by atoms with van der Waals surface area (Å²) in [5.41, 5.74) is 6.52. The van der Waals surface area contributed by atoms with Gasteiger partial charge in [-0.3, -0.25) is 0 Å². The minimum Gasteiger partial charge on any atom is -0.320 e. The molecule has 2 N–H and O–H groups in total. The first-order valence-corrected chi connectivity index (χ1v) is 7.02. The number of nitrogens with two attached hydrogens (primary N) is 1. The van der Waals surface area contributed by atoms with Crippen LogP contribution in [0.4, 0.5) is 8.78 Å². The molecule has 18 heavy (non-hydrogen) atoms. The fourth-order valence-corrected chi connectivity index (χ4v) is 2.72. The van der Waals surface area contributed by atoms with E-state index in [9.17, 15) is 8.78 Å². The normalized spacial score (nSPS) is 12.5. The molecule has 0 fully saturated rings. The second-order valence-electron chi connectivity index (χ2n) is 3.78. The van der Waals surface area contributed by atoms with Crippen LogP contribution >= 0.6 is 38.5 Å². The molecule has 0 bridgehead atoms. The molecule has 0 amide bonds. The largest absolute Gasteiger partial charge is 0.320 e. The molecule has 5 heteroatoms. The summed E-state index contributed by atoms with van der Waals surface area (Å²) in [6, 6.07) is 8.41. The molecule has 2 aromatic rings. The van der Waals surface area contributed by atoms with Gasteiger partial charge in [0.1, 0.15) is 11.6 Å². The molecular formula is C13H9BrF2IN. The summed E-state index contributed by atoms with van der Waals surface area (Å²) >= 11 is 5.48. The van der Waals surface area contributed by atoms with Gasteiger partial charge < -0.3 is 5.73 Å². The van der Waals surface area contributed by atoms with Crippen LogP contribution in [0.25, 0.3) is 0 Å². The van der Waals surface area contributed by atoms with Crippen LogP contribution in [0.15, 0.2) is 40.9 Å². The highest BCUT2D eigenvalue weighted by molar-refractivity contribution is 14.1. The van der Waals surface area contributed by atoms with Gasteiger partial charge in [-0.15, -0.1) is 0 Å². The molecule has 0 heterocycles. The van der Waals surface area contributed by atoms with Crippen molar-refractivity contribution in [3.05, 3.63) is 67.2 Å². The predicted octanol–water partition coefficient (Wildman–Crippen LogP) is 4.38. The Balaban J connectivity index is 2.54. The first-order valence-electron chi connectivity index (χ1n) is 5.15. The number of rotatable bonds is 2. The molecule has 0 radical (unpaired) electrons. The van der Waals surface area contributed by atoms with E-state index in [2.05, 4.69) is 38.5 Å². The van der Waals surface area contributed by atoms with Gasteiger partial charge in [0.05, 0.1) is 6.04 Å². The van der Waals surface area contributed by atoms with E-state index in [1.165, 1.54) is 18.2 Å². The van der Waals surface area contributed by atoms with Gasteiger partial charge in [-0.25, -0.2) is 8.78 Å². The van der Waals surface area contributed by atoms with E-state index in [0.29, 0.717) is 5.56 Å². The number of hydrogen-bond donors (Lipinski definition) is 1. The quantitative estimate of drug-likeness (QED) is 0.712. The van der Waals surface area contributed by atoms with Crippen LogP contribution in [0.3, 0.4) is 0 Å². The maximum atomic E-state index is 13.7. The lowest BCUT2D eigenvalue weighted by atomic mass is 9.99. The van der Waals surface area contributed by atoms with Crippen LogP contribution in [0, 0.1) is 15.2 Å². The van der Waals surface area contributed by atoms with Gasteiger partial charge in [0.2, 0.25) is 0 Å². The Hall–Kier alpha value is -0.530. The summed E-state index contributed by atoms with van der Waals surface area (Å²) in [5, 5.41) is 0. The molecule has 1 unspecified atom stereocenters. The van der Waals surface area contributed by atoms with Crippen LogP contribution in [-0.4, -0.2) is 0 Å². The van der Waals surface area contributed by atoms with Crippen LogP contribution in [0.2, 0.25) is 0 Å². The van der Waals surface area contributed by atoms with E-state index in [0.717, 1.165) is 8.04 Å². The Morgan fingerprint density at radius 3 is 2.33 bits per heavy atom. The van der Waals surface area contributed by atoms with E-state index in [1.807, 2.05) is 12.1 Å². The smallest absolute Gasteiger partial charge is 0.131 e. The third kappa shape index (κ3) is 2.73. The molecule has 0 spiro atoms. The fourth-order valence-electron chi connectivity index (χ4n) is 1.72. The van der Waals surface area contributed by atoms with Gasteiger partial charge in [-0.1, -0.05) is 22.0 Å². The minimum atomic E-state index is -0.838. The maximum Gasteiger partial charge on any atom is 0.131 e. The molecule has 0 saturated heterocycles. The fraction of sp³-hybridized carbons (Fsp3) is 0.0769. The topological polar surface area (TPSA) is 26.0 Å². The average molecular weight is 424 g/mol. The van der Waals surface area contributed by atoms with Gasteiger partial charge in [0.25, 0.3) is 0 Å². The zero-order chi connectivity index (χ0) is 13.3. The Labute approximate surface area is 126 Å². The first kappa shape index (κ1) is 13.9. The molecule has 1 atom stereocenters. The van der Waals surface area contributed by atoms with Crippen LogP contribution in [-0.2, 0) is 0 Å². The van der Waals surface area contributed by atoms with Gasteiger partial charge in [-0.05, 0) is 58.5 Å². The van der Waals surface area contributed by atoms with Gasteiger partial charge in [-0.2, -0.15) is 0 Å². The summed E-state index contributed by atoms with van der Waals surface area (Å²) in [4.78, 5) is 0. The Morgan fingerprint density at radius 1 is 1.11 bits per heavy atom. The third-order valence-corrected chi connectivity index (χ3v) is 4.00. The lowest BCUT2D eigenvalue weighted by molar-refractivity contribution is 0.543. The van der Waals surface area contributed by atoms with Crippen molar-refractivity contribution in [3.8, 4) is 0 Å². The molecule has 2 rings (SSSR count). The zero-order valence-electron chi connectivity index (χ0n) is 9.13. The molecule has 0 aliphatic heterocycles. The lowest BCUT2D eigenvalue weighted by Gasteiger charge is -2.16. The summed E-state index contributed by atoms with van der Waals surface area (Å²) < 4.78 is 29.1. The van der Waals surface area contributed by atoms with Crippen molar-refractivity contribution < 1.29 is 8.78 Å². The highest BCUT2D eigenvalue weighted by atomic mass is 127. The lowest BCUT2D eigenvalue weighted by Crippen LogP contribution is -2.16. The van der Waals surface area contributed by atoms with Crippen LogP contribution < -0.4 is 5.73 Å². The monoisotopic (exact) mass is 423 g/mol. The van der Waals surface area contributed by atoms with Crippen molar-refractivity contribution in [1.29, 1.82) is 0 Å². The molecule has 0 aliphatic rings. The SMILES string of the molecule is NC(c1cc(I)ccc1Br)c1c(F)cccc1F. The Kier molecular flexibility index (Phi) is 4.34. The van der Waals surface area contributed by atoms with Crippen molar-refractivity contribution in [2.45, 2.75) is 6.04 Å². The van der Waals surface area contributed by atoms with Crippen molar-refractivity contribution >= 4 is 38.5 Å². The zero-order valence-corrected chi connectivity index (χ0v) is 12.9. The number of hydrogen-bond acceptors (Lipinski definition) is 1. The highest BCUT2D eigenvalue weighted by Crippen LogP contribution is 2.30. The minimum absolute atomic E-state index is 0.111. The molecule has 94 valence electrons. The van der Waals surface area contributed by atoms with E-state index in [4.69, 9.17) is 5.73 Å². The molecule has 0 saturated carbocycles. The third-order valence-electron chi connectivity index (χ3n) is 2.60. The molecular weight excluding hydrogens is 415 g/mol. The Bertz CT molecular complexity index is 569. The van der Waals surface area contributed by atoms with E-state index < -0.39 is 17.7 Å². The highest BCUT2D eigenvalue weighted by Gasteiger charge is 2.20. The standard InChI is InChI=1S/C13H9BrF2IN/c14-9-5-4-7(17)6-8(9)13(18)12-10(15)2-1-3-11(12)16/h1-6,13H,18H2. The maximum absolute atomic E-state index is 13.7. The molecule has 0 aliphatic carbocycles. The van der Waals surface area contributed by atoms with Crippen molar-refractivity contribution in [1.82, 2.24) is 0 Å². The second-order valence-corrected chi connectivity index (χ2v) is 5.88. The summed E-state index contributed by atoms with van der Waals surface area (Å²) in [6.07, 6.45) is 0. The van der Waals surface area contributed by atoms with Crippen molar-refractivity contribution in [2.24, 2.45) is 5.73 Å². The van der Waals surface area contributed by atoms with Gasteiger partial charge >= 0.3 is 0 Å². The first-order chi connectivity index (χ1) is 8.50. The van der Waals surface area contributed by atoms with E-state index in [-0.39, 0.29) is 5.56 Å². The van der Waals surface area contributed by atoms with Crippen molar-refractivity contribution in [2.75, 3.05) is 0 Å². The predicted molar refractivity (Wildman–Crippen MR) is 79.2 cm³/mol. The summed E-state index contributed by atoms with van der Waals surface area (Å²) in [7, 11) is 0. The van der Waals surface area contributed by atoms with Crippen molar-refractivity contribution in [3.63, 3.8) is 0 Å². The molecule has 0 aromatic heterocycles. The van der Waals surface area contributed by atoms with E-state index >= 15 is 0 Å². The molecule has 2 aromatic carbocycles. The Morgan fingerprint density at radius 2 is 1.72 bits per heavy atom.